The Morgan fingerprint density at radius 3 is 2.43 bits per heavy atom. The van der Waals surface area contributed by atoms with Crippen molar-refractivity contribution < 1.29 is 23.1 Å². The van der Waals surface area contributed by atoms with Crippen LogP contribution in [0.3, 0.4) is 0 Å². The first-order valence-electron chi connectivity index (χ1n) is 5.68. The van der Waals surface area contributed by atoms with Crippen LogP contribution in [0.1, 0.15) is 17.3 Å². The first-order valence-corrected chi connectivity index (χ1v) is 7.92. The molecule has 0 aliphatic rings. The maximum absolute atomic E-state index is 12.0. The first kappa shape index (κ1) is 17.7. The summed E-state index contributed by atoms with van der Waals surface area (Å²) in [5.74, 6) is -1.98. The number of hydrogen-bond acceptors (Lipinski definition) is 4. The lowest BCUT2D eigenvalue weighted by molar-refractivity contribution is -0.119. The van der Waals surface area contributed by atoms with E-state index in [0.29, 0.717) is 6.54 Å². The third-order valence-corrected chi connectivity index (χ3v) is 4.62. The number of aromatic carboxylic acids is 1. The van der Waals surface area contributed by atoms with Crippen LogP contribution < -0.4 is 10.0 Å². The van der Waals surface area contributed by atoms with E-state index in [4.69, 9.17) is 28.3 Å². The van der Waals surface area contributed by atoms with Crippen molar-refractivity contribution in [1.82, 2.24) is 10.0 Å². The lowest BCUT2D eigenvalue weighted by atomic mass is 10.2. The maximum atomic E-state index is 12.0. The molecule has 10 heteroatoms. The fraction of sp³-hybridized carbons (Fsp3) is 0.273. The molecule has 0 unspecified atom stereocenters. The number of carbonyl (C=O) groups is 2. The molecule has 1 amide bonds. The third-order valence-electron chi connectivity index (χ3n) is 2.36. The van der Waals surface area contributed by atoms with E-state index in [1.165, 1.54) is 0 Å². The number of carboxylic acids is 1. The number of carboxylic acid groups (broad SMARTS) is 1. The molecule has 21 heavy (non-hydrogen) atoms. The van der Waals surface area contributed by atoms with Crippen molar-refractivity contribution in [2.75, 3.05) is 13.1 Å². The van der Waals surface area contributed by atoms with Crippen molar-refractivity contribution in [3.05, 3.63) is 27.7 Å². The number of amides is 1. The molecule has 0 saturated heterocycles. The molecule has 7 nitrogen and oxygen atoms in total. The summed E-state index contributed by atoms with van der Waals surface area (Å²) in [5.41, 5.74) is -0.515. The first-order chi connectivity index (χ1) is 9.70. The predicted molar refractivity (Wildman–Crippen MR) is 77.3 cm³/mol. The van der Waals surface area contributed by atoms with Gasteiger partial charge in [0, 0.05) is 6.54 Å². The van der Waals surface area contributed by atoms with E-state index >= 15 is 0 Å². The highest BCUT2D eigenvalue weighted by Gasteiger charge is 2.25. The highest BCUT2D eigenvalue weighted by atomic mass is 35.5. The van der Waals surface area contributed by atoms with Crippen molar-refractivity contribution in [2.24, 2.45) is 0 Å². The molecule has 0 radical (unpaired) electrons. The molecule has 0 atom stereocenters. The van der Waals surface area contributed by atoms with Crippen LogP contribution in [-0.4, -0.2) is 38.5 Å². The van der Waals surface area contributed by atoms with Crippen molar-refractivity contribution in [1.29, 1.82) is 0 Å². The van der Waals surface area contributed by atoms with E-state index in [9.17, 15) is 18.0 Å². The summed E-state index contributed by atoms with van der Waals surface area (Å²) in [6, 6.07) is 2.18. The van der Waals surface area contributed by atoms with Gasteiger partial charge in [-0.05, 0) is 19.1 Å². The van der Waals surface area contributed by atoms with Crippen LogP contribution in [0.5, 0.6) is 0 Å². The number of nitrogens with one attached hydrogen (secondary N) is 2. The van der Waals surface area contributed by atoms with E-state index in [1.54, 1.807) is 6.92 Å². The number of rotatable bonds is 6. The molecule has 0 spiro atoms. The zero-order valence-corrected chi connectivity index (χ0v) is 13.1. The standard InChI is InChI=1S/C11H12Cl2N2O5S/c1-2-14-8(16)5-15-21(19,20)7-4-3-6(12)9(10(7)13)11(17)18/h3-4,15H,2,5H2,1H3,(H,14,16)(H,17,18). The molecule has 116 valence electrons. The molecule has 0 bridgehead atoms. The van der Waals surface area contributed by atoms with Gasteiger partial charge in [-0.3, -0.25) is 4.79 Å². The van der Waals surface area contributed by atoms with Crippen LogP contribution >= 0.6 is 23.2 Å². The minimum Gasteiger partial charge on any atom is -0.478 e. The average molecular weight is 355 g/mol. The van der Waals surface area contributed by atoms with Crippen LogP contribution in [0.4, 0.5) is 0 Å². The number of benzene rings is 1. The summed E-state index contributed by atoms with van der Waals surface area (Å²) in [5, 5.41) is 10.7. The van der Waals surface area contributed by atoms with Gasteiger partial charge >= 0.3 is 5.97 Å². The van der Waals surface area contributed by atoms with Crippen LogP contribution in [-0.2, 0) is 14.8 Å². The van der Waals surface area contributed by atoms with Gasteiger partial charge in [-0.15, -0.1) is 0 Å². The number of sulfonamides is 1. The van der Waals surface area contributed by atoms with Gasteiger partial charge in [-0.2, -0.15) is 0 Å². The molecule has 0 aliphatic heterocycles. The molecule has 1 aromatic rings. The van der Waals surface area contributed by atoms with Crippen LogP contribution in [0, 0.1) is 0 Å². The second kappa shape index (κ2) is 7.08. The number of carbonyl (C=O) groups excluding carboxylic acids is 1. The second-order valence-electron chi connectivity index (χ2n) is 3.82. The highest BCUT2D eigenvalue weighted by Crippen LogP contribution is 2.30. The van der Waals surface area contributed by atoms with Gasteiger partial charge in [-0.1, -0.05) is 23.2 Å². The summed E-state index contributed by atoms with van der Waals surface area (Å²) < 4.78 is 26.1. The fourth-order valence-corrected chi connectivity index (χ4v) is 3.33. The number of likely N-dealkylation sites (N-methyl/N-ethyl adjacent to an activating group) is 1. The molecular formula is C11H12Cl2N2O5S. The Balaban J connectivity index is 3.13. The van der Waals surface area contributed by atoms with Gasteiger partial charge in [0.1, 0.15) is 4.90 Å². The number of hydrogen-bond donors (Lipinski definition) is 3. The second-order valence-corrected chi connectivity index (χ2v) is 6.34. The maximum Gasteiger partial charge on any atom is 0.338 e. The Hall–Kier alpha value is -1.35. The Bertz CT molecular complexity index is 675. The van der Waals surface area contributed by atoms with Crippen molar-refractivity contribution in [3.63, 3.8) is 0 Å². The normalized spacial score (nSPS) is 11.2. The molecule has 0 saturated carbocycles. The Kier molecular flexibility index (Phi) is 5.97. The van der Waals surface area contributed by atoms with Crippen LogP contribution in [0.2, 0.25) is 10.0 Å². The SMILES string of the molecule is CCNC(=O)CNS(=O)(=O)c1ccc(Cl)c(C(=O)O)c1Cl. The van der Waals surface area contributed by atoms with Gasteiger partial charge in [0.25, 0.3) is 0 Å². The summed E-state index contributed by atoms with van der Waals surface area (Å²) in [7, 11) is -4.14. The van der Waals surface area contributed by atoms with E-state index in [2.05, 4.69) is 5.32 Å². The van der Waals surface area contributed by atoms with Gasteiger partial charge in [0.15, 0.2) is 0 Å². The van der Waals surface area contributed by atoms with Crippen molar-refractivity contribution in [3.8, 4) is 0 Å². The Morgan fingerprint density at radius 1 is 1.29 bits per heavy atom. The summed E-state index contributed by atoms with van der Waals surface area (Å²) in [4.78, 5) is 21.8. The average Bonchev–Trinajstić information content (AvgIpc) is 2.36. The summed E-state index contributed by atoms with van der Waals surface area (Å²) >= 11 is 11.5. The van der Waals surface area contributed by atoms with E-state index in [0.717, 1.165) is 12.1 Å². The zero-order valence-electron chi connectivity index (χ0n) is 10.8. The molecule has 0 aromatic heterocycles. The van der Waals surface area contributed by atoms with E-state index < -0.39 is 43.9 Å². The summed E-state index contributed by atoms with van der Waals surface area (Å²) in [6.45, 7) is 1.55. The lowest BCUT2D eigenvalue weighted by Crippen LogP contribution is -2.36. The van der Waals surface area contributed by atoms with E-state index in [-0.39, 0.29) is 5.02 Å². The highest BCUT2D eigenvalue weighted by molar-refractivity contribution is 7.89. The van der Waals surface area contributed by atoms with Gasteiger partial charge in [0.2, 0.25) is 15.9 Å². The molecule has 1 rings (SSSR count). The summed E-state index contributed by atoms with van der Waals surface area (Å²) in [6.07, 6.45) is 0. The zero-order chi connectivity index (χ0) is 16.2. The van der Waals surface area contributed by atoms with E-state index in [1.807, 2.05) is 4.72 Å². The van der Waals surface area contributed by atoms with Gasteiger partial charge in [0.05, 0.1) is 22.2 Å². The van der Waals surface area contributed by atoms with Gasteiger partial charge in [-0.25, -0.2) is 17.9 Å². The third kappa shape index (κ3) is 4.31. The largest absolute Gasteiger partial charge is 0.478 e. The predicted octanol–water partition coefficient (Wildman–Crippen LogP) is 1.11. The molecule has 1 aromatic carbocycles. The van der Waals surface area contributed by atoms with Crippen LogP contribution in [0.25, 0.3) is 0 Å². The number of halogens is 2. The monoisotopic (exact) mass is 354 g/mol. The fourth-order valence-electron chi connectivity index (χ4n) is 1.43. The molecule has 0 aliphatic carbocycles. The Labute approximate surface area is 131 Å². The minimum atomic E-state index is -4.14. The Morgan fingerprint density at radius 2 is 1.90 bits per heavy atom. The lowest BCUT2D eigenvalue weighted by Gasteiger charge is -2.10. The quantitative estimate of drug-likeness (QED) is 0.708. The van der Waals surface area contributed by atoms with Crippen molar-refractivity contribution in [2.45, 2.75) is 11.8 Å². The van der Waals surface area contributed by atoms with Gasteiger partial charge < -0.3 is 10.4 Å². The van der Waals surface area contributed by atoms with Crippen molar-refractivity contribution >= 4 is 45.1 Å². The molecule has 0 heterocycles. The molecule has 3 N–H and O–H groups in total. The minimum absolute atomic E-state index is 0.185. The topological polar surface area (TPSA) is 113 Å². The van der Waals surface area contributed by atoms with Crippen LogP contribution in [0.15, 0.2) is 17.0 Å². The molecule has 0 fully saturated rings. The molecular weight excluding hydrogens is 343 g/mol. The smallest absolute Gasteiger partial charge is 0.338 e.